The van der Waals surface area contributed by atoms with Crippen molar-refractivity contribution in [2.75, 3.05) is 19.0 Å². The number of carbonyl (C=O) groups excluding carboxylic acids is 3. The molecular weight excluding hydrogens is 847 g/mol. The number of benzene rings is 2. The molecule has 7 rings (SSSR count). The lowest BCUT2D eigenvalue weighted by atomic mass is 9.77. The molecule has 1 aliphatic heterocycles. The number of methoxy groups -OCH3 is 1. The molecule has 332 valence electrons. The largest absolute Gasteiger partial charge is 0.497 e. The zero-order chi connectivity index (χ0) is 44.6. The number of hydrogen-bond donors (Lipinski definition) is 2. The summed E-state index contributed by atoms with van der Waals surface area (Å²) in [5.74, 6) is -1.25. The molecule has 6 atom stereocenters. The summed E-state index contributed by atoms with van der Waals surface area (Å²) in [6.45, 7) is 13.8. The third kappa shape index (κ3) is 9.91. The second-order valence-electron chi connectivity index (χ2n) is 18.5. The fourth-order valence-electron chi connectivity index (χ4n) is 9.01. The number of pyridine rings is 1. The number of anilines is 1. The van der Waals surface area contributed by atoms with Crippen LogP contribution >= 0.6 is 30.3 Å². The molecule has 1 unspecified atom stereocenters. The molecule has 1 saturated heterocycles. The van der Waals surface area contributed by atoms with Crippen molar-refractivity contribution in [2.45, 2.75) is 122 Å². The number of fused-ring (bicyclic) bond motifs is 1. The average Bonchev–Trinajstić information content (AvgIpc) is 3.61. The van der Waals surface area contributed by atoms with Gasteiger partial charge in [-0.3, -0.25) is 18.9 Å². The first kappa shape index (κ1) is 45.7. The zero-order valence-electron chi connectivity index (χ0n) is 36.4. The molecule has 0 spiro atoms. The van der Waals surface area contributed by atoms with Gasteiger partial charge in [0.05, 0.1) is 54.6 Å². The fraction of sp³-hybridized carbons (Fsp3) is 0.511. The summed E-state index contributed by atoms with van der Waals surface area (Å²) < 4.78 is 32.7. The molecule has 3 heterocycles. The number of Topliss-reactive ketones (excluding diaryl/α,β-unsaturated/α-hetero) is 1. The van der Waals surface area contributed by atoms with E-state index in [9.17, 15) is 23.8 Å². The second kappa shape index (κ2) is 18.4. The molecule has 2 aliphatic carbocycles. The highest BCUT2D eigenvalue weighted by atomic mass is 35.5. The highest BCUT2D eigenvalue weighted by Crippen LogP contribution is 2.74. The van der Waals surface area contributed by atoms with E-state index in [-0.39, 0.29) is 61.7 Å². The number of carbonyl (C=O) groups is 3. The fourth-order valence-corrected chi connectivity index (χ4v) is 12.7. The van der Waals surface area contributed by atoms with Gasteiger partial charge in [-0.2, -0.15) is 0 Å². The molecule has 12 nitrogen and oxygen atoms in total. The maximum Gasteiger partial charge on any atom is 0.306 e. The number of ether oxygens (including phenoxy) is 3. The van der Waals surface area contributed by atoms with Gasteiger partial charge in [-0.15, -0.1) is 17.9 Å². The van der Waals surface area contributed by atoms with Gasteiger partial charge in [-0.1, -0.05) is 56.6 Å². The van der Waals surface area contributed by atoms with Gasteiger partial charge in [-0.25, -0.2) is 9.97 Å². The van der Waals surface area contributed by atoms with Crippen molar-refractivity contribution in [1.29, 1.82) is 0 Å². The van der Waals surface area contributed by atoms with Crippen LogP contribution in [-0.4, -0.2) is 80.5 Å². The first-order chi connectivity index (χ1) is 29.4. The maximum atomic E-state index is 15.0. The van der Waals surface area contributed by atoms with E-state index in [1.54, 1.807) is 42.4 Å². The number of allylic oxidation sites excluding steroid dienone is 1. The van der Waals surface area contributed by atoms with Crippen molar-refractivity contribution in [3.05, 3.63) is 77.2 Å². The Morgan fingerprint density at radius 2 is 1.84 bits per heavy atom. The number of likely N-dealkylation sites (tertiary alicyclic amines) is 1. The van der Waals surface area contributed by atoms with Crippen LogP contribution in [0.25, 0.3) is 22.3 Å². The maximum absolute atomic E-state index is 15.0. The Balaban J connectivity index is 1.22. The number of nitrogens with zero attached hydrogens (tertiary/aromatic N) is 3. The van der Waals surface area contributed by atoms with Crippen molar-refractivity contribution in [3.63, 3.8) is 0 Å². The van der Waals surface area contributed by atoms with Gasteiger partial charge >= 0.3 is 5.97 Å². The van der Waals surface area contributed by atoms with Crippen LogP contribution in [0.4, 0.5) is 5.13 Å². The number of esters is 1. The number of amides is 1. The minimum Gasteiger partial charge on any atom is -0.497 e. The molecule has 1 amide bonds. The molecule has 62 heavy (non-hydrogen) atoms. The monoisotopic (exact) mass is 904 g/mol. The van der Waals surface area contributed by atoms with Gasteiger partial charge in [0.1, 0.15) is 29.4 Å². The summed E-state index contributed by atoms with van der Waals surface area (Å²) >= 11 is 7.93. The minimum absolute atomic E-state index is 0.0439. The van der Waals surface area contributed by atoms with E-state index < -0.39 is 42.0 Å². The van der Waals surface area contributed by atoms with Gasteiger partial charge in [0.25, 0.3) is 0 Å². The Bertz CT molecular complexity index is 2380. The van der Waals surface area contributed by atoms with Crippen molar-refractivity contribution >= 4 is 64.0 Å². The Kier molecular flexibility index (Phi) is 13.6. The van der Waals surface area contributed by atoms with E-state index in [2.05, 4.69) is 11.9 Å². The van der Waals surface area contributed by atoms with E-state index in [1.165, 1.54) is 11.3 Å². The summed E-state index contributed by atoms with van der Waals surface area (Å²) in [5.41, 5.74) is 1.68. The Hall–Kier alpha value is -4.29. The molecule has 2 aromatic heterocycles. The summed E-state index contributed by atoms with van der Waals surface area (Å²) in [7, 11) is -2.48. The first-order valence-electron chi connectivity index (χ1n) is 21.5. The molecule has 3 fully saturated rings. The van der Waals surface area contributed by atoms with Crippen LogP contribution in [0.5, 0.6) is 11.5 Å². The Labute approximate surface area is 373 Å². The van der Waals surface area contributed by atoms with E-state index in [1.807, 2.05) is 64.3 Å². The molecule has 0 bridgehead atoms. The number of ketones is 1. The van der Waals surface area contributed by atoms with Gasteiger partial charge < -0.3 is 29.3 Å². The first-order valence-corrected chi connectivity index (χ1v) is 24.6. The highest BCUT2D eigenvalue weighted by Gasteiger charge is 2.65. The molecule has 0 radical (unpaired) electrons. The van der Waals surface area contributed by atoms with E-state index in [0.29, 0.717) is 50.8 Å². The smallest absolute Gasteiger partial charge is 0.306 e. The number of hydrogen-bond acceptors (Lipinski definition) is 11. The van der Waals surface area contributed by atoms with Crippen LogP contribution in [0.15, 0.2) is 66.6 Å². The third-order valence-electron chi connectivity index (χ3n) is 12.6. The average molecular weight is 905 g/mol. The van der Waals surface area contributed by atoms with Crippen LogP contribution < -0.4 is 14.8 Å². The van der Waals surface area contributed by atoms with Gasteiger partial charge in [0, 0.05) is 46.8 Å². The van der Waals surface area contributed by atoms with Crippen LogP contribution in [0.3, 0.4) is 0 Å². The summed E-state index contributed by atoms with van der Waals surface area (Å²) in [6.07, 6.45) is 4.25. The standard InChI is InChI=1S/C47H58ClN4O8PS/c1-8-30-23-47(30,61(56,57)26-29-13-9-12-16-36(29)48)24-41(53)40-20-33(25-52(40)44(55)35(46(4,5)6)21-43(54)60-31-14-10-11-15-31)59-42-22-38(39-27-62-45(51-39)49-28(2)3)50-37-19-32(58-7)17-18-34(37)42/h8-9,12-13,16-19,22,27-28,30-31,33,35,40H,1,10-11,14-15,20-21,23-26H2,2-7H3,(H,49,51)(H,56,57)/t30-,33-,35-,40+,47-/m1/s1. The lowest BCUT2D eigenvalue weighted by Crippen LogP contribution is -2.48. The molecule has 15 heteroatoms. The molecule has 3 aliphatic rings. The third-order valence-corrected chi connectivity index (χ3v) is 16.6. The van der Waals surface area contributed by atoms with Gasteiger partial charge in [0.15, 0.2) is 10.9 Å². The van der Waals surface area contributed by atoms with E-state index >= 15 is 0 Å². The number of thiazole rings is 1. The van der Waals surface area contributed by atoms with Crippen LogP contribution in [0.1, 0.15) is 91.5 Å². The van der Waals surface area contributed by atoms with Gasteiger partial charge in [-0.05, 0) is 81.0 Å². The summed E-state index contributed by atoms with van der Waals surface area (Å²) in [4.78, 5) is 66.4. The van der Waals surface area contributed by atoms with Crippen LogP contribution in [0.2, 0.25) is 5.02 Å². The zero-order valence-corrected chi connectivity index (χ0v) is 38.9. The Morgan fingerprint density at radius 1 is 1.10 bits per heavy atom. The van der Waals surface area contributed by atoms with Crippen molar-refractivity contribution in [3.8, 4) is 22.9 Å². The lowest BCUT2D eigenvalue weighted by Gasteiger charge is -2.35. The SMILES string of the molecule is C=C[C@@H]1C[C@]1(CC(=O)[C@@H]1C[C@@H](Oc2cc(-c3csc(NC(C)C)n3)nc3cc(OC)ccc23)CN1C(=O)[C@@H](CC(=O)OC1CCCC1)C(C)(C)C)P(=O)(O)Cc1ccccc1Cl. The van der Waals surface area contributed by atoms with Crippen molar-refractivity contribution in [2.24, 2.45) is 17.3 Å². The lowest BCUT2D eigenvalue weighted by molar-refractivity contribution is -0.156. The number of halogens is 1. The summed E-state index contributed by atoms with van der Waals surface area (Å²) in [6, 6.07) is 13.4. The molecule has 4 aromatic rings. The number of rotatable bonds is 17. The van der Waals surface area contributed by atoms with Crippen molar-refractivity contribution in [1.82, 2.24) is 14.9 Å². The van der Waals surface area contributed by atoms with E-state index in [4.69, 9.17) is 35.8 Å². The number of nitrogens with one attached hydrogen (secondary N) is 1. The molecular formula is C47H58ClN4O8PS. The predicted octanol–water partition coefficient (Wildman–Crippen LogP) is 10.1. The minimum atomic E-state index is -4.07. The second-order valence-corrected chi connectivity index (χ2v) is 22.3. The van der Waals surface area contributed by atoms with Gasteiger partial charge in [0.2, 0.25) is 13.3 Å². The predicted molar refractivity (Wildman–Crippen MR) is 244 cm³/mol. The molecule has 2 saturated carbocycles. The molecule has 2 N–H and O–H groups in total. The quantitative estimate of drug-likeness (QED) is 0.0590. The van der Waals surface area contributed by atoms with Crippen molar-refractivity contribution < 1.29 is 38.1 Å². The topological polar surface area (TPSA) is 157 Å². The van der Waals surface area contributed by atoms with Crippen LogP contribution in [0, 0.1) is 17.3 Å². The number of aromatic nitrogens is 2. The van der Waals surface area contributed by atoms with Crippen LogP contribution in [-0.2, 0) is 29.8 Å². The Morgan fingerprint density at radius 3 is 2.50 bits per heavy atom. The van der Waals surface area contributed by atoms with E-state index in [0.717, 1.165) is 30.8 Å². The summed E-state index contributed by atoms with van der Waals surface area (Å²) in [5, 5.41) is 5.83. The highest BCUT2D eigenvalue weighted by molar-refractivity contribution is 7.59. The molecule has 2 aromatic carbocycles. The normalized spacial score (nSPS) is 22.9.